The molecule has 0 saturated carbocycles. The lowest BCUT2D eigenvalue weighted by molar-refractivity contribution is -0.137. The molecule has 0 aromatic carbocycles. The number of carbonyl (C=O) groups excluding carboxylic acids is 1. The molecule has 4 nitrogen and oxygen atoms in total. The fourth-order valence-corrected chi connectivity index (χ4v) is 4.09. The first-order chi connectivity index (χ1) is 9.88. The minimum absolute atomic E-state index is 0.127. The van der Waals surface area contributed by atoms with Crippen molar-refractivity contribution in [1.82, 2.24) is 4.90 Å². The van der Waals surface area contributed by atoms with Gasteiger partial charge in [0, 0.05) is 16.8 Å². The van der Waals surface area contributed by atoms with Crippen LogP contribution in [0.25, 0.3) is 0 Å². The van der Waals surface area contributed by atoms with Gasteiger partial charge in [-0.1, -0.05) is 20.8 Å². The Balaban J connectivity index is 2.22. The van der Waals surface area contributed by atoms with Gasteiger partial charge in [0.2, 0.25) is 0 Å². The van der Waals surface area contributed by atoms with Crippen LogP contribution in [0.3, 0.4) is 0 Å². The van der Waals surface area contributed by atoms with Gasteiger partial charge in [0.05, 0.1) is 5.56 Å². The molecule has 0 spiro atoms. The summed E-state index contributed by atoms with van der Waals surface area (Å²) in [5.41, 5.74) is 1.88. The van der Waals surface area contributed by atoms with E-state index in [-0.39, 0.29) is 18.4 Å². The van der Waals surface area contributed by atoms with E-state index in [2.05, 4.69) is 6.92 Å². The fraction of sp³-hybridized carbons (Fsp3) is 0.625. The number of amides is 1. The Morgan fingerprint density at radius 1 is 1.48 bits per heavy atom. The van der Waals surface area contributed by atoms with Crippen LogP contribution >= 0.6 is 11.3 Å². The first-order valence-electron chi connectivity index (χ1n) is 7.48. The zero-order chi connectivity index (χ0) is 15.6. The first kappa shape index (κ1) is 16.0. The van der Waals surface area contributed by atoms with Crippen LogP contribution in [-0.2, 0) is 17.6 Å². The van der Waals surface area contributed by atoms with Gasteiger partial charge in [-0.15, -0.1) is 11.3 Å². The number of carbonyl (C=O) groups is 2. The topological polar surface area (TPSA) is 57.6 Å². The predicted molar refractivity (Wildman–Crippen MR) is 83.9 cm³/mol. The minimum Gasteiger partial charge on any atom is -0.480 e. The molecule has 0 radical (unpaired) electrons. The van der Waals surface area contributed by atoms with Crippen molar-refractivity contribution in [2.24, 2.45) is 11.8 Å². The second-order valence-electron chi connectivity index (χ2n) is 6.37. The van der Waals surface area contributed by atoms with Gasteiger partial charge in [0.25, 0.3) is 5.91 Å². The Bertz CT molecular complexity index is 536. The number of thiophene rings is 1. The summed E-state index contributed by atoms with van der Waals surface area (Å²) in [5.74, 6) is -0.160. The second-order valence-corrected chi connectivity index (χ2v) is 7.34. The molecule has 2 rings (SSSR count). The zero-order valence-electron chi connectivity index (χ0n) is 12.9. The van der Waals surface area contributed by atoms with Gasteiger partial charge in [0.1, 0.15) is 6.54 Å². The van der Waals surface area contributed by atoms with Crippen LogP contribution < -0.4 is 0 Å². The van der Waals surface area contributed by atoms with E-state index in [0.717, 1.165) is 30.4 Å². The molecule has 21 heavy (non-hydrogen) atoms. The maximum absolute atomic E-state index is 12.7. The molecular weight excluding hydrogens is 286 g/mol. The highest BCUT2D eigenvalue weighted by Crippen LogP contribution is 2.33. The molecule has 5 heteroatoms. The van der Waals surface area contributed by atoms with Crippen molar-refractivity contribution in [3.63, 3.8) is 0 Å². The maximum atomic E-state index is 12.7. The van der Waals surface area contributed by atoms with Crippen molar-refractivity contribution in [2.45, 2.75) is 40.0 Å². The smallest absolute Gasteiger partial charge is 0.323 e. The molecular formula is C16H23NO3S. The van der Waals surface area contributed by atoms with Crippen molar-refractivity contribution in [2.75, 3.05) is 13.1 Å². The maximum Gasteiger partial charge on any atom is 0.323 e. The van der Waals surface area contributed by atoms with Crippen molar-refractivity contribution in [1.29, 1.82) is 0 Å². The molecule has 1 aromatic rings. The number of rotatable bonds is 5. The van der Waals surface area contributed by atoms with E-state index in [1.54, 1.807) is 11.3 Å². The molecule has 1 N–H and O–H groups in total. The third kappa shape index (κ3) is 3.84. The van der Waals surface area contributed by atoms with Crippen LogP contribution in [-0.4, -0.2) is 35.0 Å². The van der Waals surface area contributed by atoms with Gasteiger partial charge in [-0.25, -0.2) is 0 Å². The number of aliphatic carboxylic acids is 1. The van der Waals surface area contributed by atoms with E-state index in [1.165, 1.54) is 9.78 Å². The molecule has 1 heterocycles. The number of nitrogens with zero attached hydrogens (tertiary/aromatic N) is 1. The van der Waals surface area contributed by atoms with Gasteiger partial charge in [0.15, 0.2) is 0 Å². The van der Waals surface area contributed by atoms with E-state index in [9.17, 15) is 9.59 Å². The lowest BCUT2D eigenvalue weighted by Gasteiger charge is -2.24. The zero-order valence-corrected chi connectivity index (χ0v) is 13.7. The van der Waals surface area contributed by atoms with Gasteiger partial charge < -0.3 is 10.0 Å². The molecule has 1 aliphatic carbocycles. The predicted octanol–water partition coefficient (Wildman–Crippen LogP) is 3.06. The normalized spacial score (nSPS) is 17.6. The number of carboxylic acid groups (broad SMARTS) is 1. The second kappa shape index (κ2) is 6.60. The van der Waals surface area contributed by atoms with E-state index in [1.807, 2.05) is 19.2 Å². The lowest BCUT2D eigenvalue weighted by Crippen LogP contribution is -2.38. The molecule has 1 amide bonds. The summed E-state index contributed by atoms with van der Waals surface area (Å²) in [6.07, 6.45) is 3.08. The van der Waals surface area contributed by atoms with Crippen molar-refractivity contribution < 1.29 is 14.7 Å². The Morgan fingerprint density at radius 2 is 2.19 bits per heavy atom. The molecule has 1 atom stereocenters. The highest BCUT2D eigenvalue weighted by Gasteiger charge is 2.27. The largest absolute Gasteiger partial charge is 0.480 e. The molecule has 1 aromatic heterocycles. The third-order valence-corrected chi connectivity index (χ3v) is 4.88. The Labute approximate surface area is 129 Å². The quantitative estimate of drug-likeness (QED) is 0.909. The number of fused-ring (bicyclic) bond motifs is 1. The monoisotopic (exact) mass is 309 g/mol. The summed E-state index contributed by atoms with van der Waals surface area (Å²) in [6, 6.07) is 0. The summed E-state index contributed by atoms with van der Waals surface area (Å²) in [5, 5.41) is 10.9. The lowest BCUT2D eigenvalue weighted by atomic mass is 9.88. The van der Waals surface area contributed by atoms with Crippen LogP contribution in [0.15, 0.2) is 5.38 Å². The highest BCUT2D eigenvalue weighted by atomic mass is 32.1. The summed E-state index contributed by atoms with van der Waals surface area (Å²) in [7, 11) is 0. The van der Waals surface area contributed by atoms with Gasteiger partial charge in [-0.3, -0.25) is 9.59 Å². The average molecular weight is 309 g/mol. The van der Waals surface area contributed by atoms with Gasteiger partial charge >= 0.3 is 5.97 Å². The Morgan fingerprint density at radius 3 is 2.81 bits per heavy atom. The molecule has 0 bridgehead atoms. The molecule has 1 aliphatic rings. The van der Waals surface area contributed by atoms with Crippen LogP contribution in [0.2, 0.25) is 0 Å². The number of hydrogen-bond donors (Lipinski definition) is 1. The molecule has 1 unspecified atom stereocenters. The van der Waals surface area contributed by atoms with Crippen LogP contribution in [0.4, 0.5) is 0 Å². The van der Waals surface area contributed by atoms with Crippen LogP contribution in [0, 0.1) is 11.8 Å². The fourth-order valence-electron chi connectivity index (χ4n) is 2.85. The van der Waals surface area contributed by atoms with Gasteiger partial charge in [-0.2, -0.15) is 0 Å². The minimum atomic E-state index is -0.957. The van der Waals surface area contributed by atoms with E-state index in [4.69, 9.17) is 5.11 Å². The van der Waals surface area contributed by atoms with Gasteiger partial charge in [-0.05, 0) is 36.7 Å². The molecule has 0 aliphatic heterocycles. The van der Waals surface area contributed by atoms with Crippen molar-refractivity contribution >= 4 is 23.2 Å². The molecule has 0 fully saturated rings. The van der Waals surface area contributed by atoms with Crippen LogP contribution in [0.5, 0.6) is 0 Å². The summed E-state index contributed by atoms with van der Waals surface area (Å²) in [6.45, 7) is 6.48. The first-order valence-corrected chi connectivity index (χ1v) is 8.36. The number of hydrogen-bond acceptors (Lipinski definition) is 3. The summed E-state index contributed by atoms with van der Waals surface area (Å²) < 4.78 is 0. The highest BCUT2D eigenvalue weighted by molar-refractivity contribution is 7.10. The van der Waals surface area contributed by atoms with Crippen LogP contribution in [0.1, 0.15) is 48.0 Å². The van der Waals surface area contributed by atoms with E-state index >= 15 is 0 Å². The molecule has 0 saturated heterocycles. The summed E-state index contributed by atoms with van der Waals surface area (Å²) >= 11 is 1.64. The Kier molecular flexibility index (Phi) is 5.04. The van der Waals surface area contributed by atoms with Crippen molar-refractivity contribution in [3.8, 4) is 0 Å². The average Bonchev–Trinajstić information content (AvgIpc) is 2.78. The Hall–Kier alpha value is -1.36. The third-order valence-electron chi connectivity index (χ3n) is 3.83. The number of carboxylic acids is 1. The van der Waals surface area contributed by atoms with Crippen molar-refractivity contribution in [3.05, 3.63) is 21.4 Å². The van der Waals surface area contributed by atoms with E-state index in [0.29, 0.717) is 12.5 Å². The molecule has 116 valence electrons. The summed E-state index contributed by atoms with van der Waals surface area (Å²) in [4.78, 5) is 26.5. The van der Waals surface area contributed by atoms with E-state index < -0.39 is 5.97 Å². The SMILES string of the molecule is CC(C)CN(CC(=O)O)C(=O)c1csc2c1CCC(C)C2. The standard InChI is InChI=1S/C16H23NO3S/c1-10(2)7-17(8-15(18)19)16(20)13-9-21-14-6-11(3)4-5-12(13)14/h9-11H,4-8H2,1-3H3,(H,18,19).